The maximum Gasteiger partial charge on any atom is 0.327 e. The molecule has 4 rings (SSSR count). The molecular weight excluding hydrogens is 442 g/mol. The Morgan fingerprint density at radius 1 is 0.971 bits per heavy atom. The van der Waals surface area contributed by atoms with Gasteiger partial charge in [0.2, 0.25) is 0 Å². The summed E-state index contributed by atoms with van der Waals surface area (Å²) >= 11 is 0. The van der Waals surface area contributed by atoms with E-state index in [1.54, 1.807) is 14.2 Å². The molecule has 7 heteroatoms. The number of imide groups is 1. The summed E-state index contributed by atoms with van der Waals surface area (Å²) in [6, 6.07) is 17.5. The predicted octanol–water partition coefficient (Wildman–Crippen LogP) is 4.04. The van der Waals surface area contributed by atoms with E-state index in [4.69, 9.17) is 9.47 Å². The zero-order valence-electron chi connectivity index (χ0n) is 20.7. The number of amides is 3. The topological polar surface area (TPSA) is 62.3 Å². The maximum absolute atomic E-state index is 13.7. The van der Waals surface area contributed by atoms with E-state index in [1.165, 1.54) is 4.90 Å². The molecule has 3 amide bonds. The van der Waals surface area contributed by atoms with E-state index in [1.807, 2.05) is 59.5 Å². The van der Waals surface area contributed by atoms with Gasteiger partial charge in [-0.3, -0.25) is 14.6 Å². The molecule has 2 aliphatic heterocycles. The first-order valence-corrected chi connectivity index (χ1v) is 12.3. The zero-order chi connectivity index (χ0) is 24.7. The van der Waals surface area contributed by atoms with Crippen molar-refractivity contribution in [2.75, 3.05) is 47.0 Å². The Labute approximate surface area is 207 Å². The second kappa shape index (κ2) is 11.5. The lowest BCUT2D eigenvalue weighted by molar-refractivity contribution is -0.136. The molecule has 2 aliphatic rings. The summed E-state index contributed by atoms with van der Waals surface area (Å²) in [5.41, 5.74) is 1.24. The van der Waals surface area contributed by atoms with Crippen molar-refractivity contribution in [2.45, 2.75) is 31.3 Å². The molecule has 1 spiro atoms. The number of likely N-dealkylation sites (tertiary alicyclic amines) is 1. The third kappa shape index (κ3) is 5.41. The molecule has 7 nitrogen and oxygen atoms in total. The van der Waals surface area contributed by atoms with Crippen molar-refractivity contribution >= 4 is 18.0 Å². The van der Waals surface area contributed by atoms with Crippen LogP contribution in [-0.4, -0.2) is 79.2 Å². The van der Waals surface area contributed by atoms with Crippen molar-refractivity contribution < 1.29 is 19.1 Å². The first-order valence-electron chi connectivity index (χ1n) is 12.3. The zero-order valence-corrected chi connectivity index (χ0v) is 20.7. The van der Waals surface area contributed by atoms with Crippen LogP contribution in [0, 0.1) is 0 Å². The van der Waals surface area contributed by atoms with Crippen molar-refractivity contribution in [3.05, 3.63) is 71.8 Å². The van der Waals surface area contributed by atoms with Crippen molar-refractivity contribution in [1.82, 2.24) is 14.7 Å². The third-order valence-electron chi connectivity index (χ3n) is 7.02. The lowest BCUT2D eigenvalue weighted by Gasteiger charge is -2.42. The van der Waals surface area contributed by atoms with Gasteiger partial charge in [0.25, 0.3) is 5.91 Å². The quantitative estimate of drug-likeness (QED) is 0.382. The minimum absolute atomic E-state index is 0.0621. The number of ether oxygens (including phenoxy) is 2. The minimum atomic E-state index is -0.761. The molecule has 35 heavy (non-hydrogen) atoms. The smallest absolute Gasteiger partial charge is 0.327 e. The van der Waals surface area contributed by atoms with E-state index in [0.29, 0.717) is 39.0 Å². The highest BCUT2D eigenvalue weighted by Crippen LogP contribution is 2.38. The van der Waals surface area contributed by atoms with Gasteiger partial charge in [0.1, 0.15) is 11.3 Å². The number of piperidine rings is 1. The van der Waals surface area contributed by atoms with Crippen LogP contribution in [0.25, 0.3) is 6.08 Å². The van der Waals surface area contributed by atoms with E-state index >= 15 is 0 Å². The molecule has 0 unspecified atom stereocenters. The molecule has 2 saturated heterocycles. The van der Waals surface area contributed by atoms with E-state index in [9.17, 15) is 9.59 Å². The number of carbonyl (C=O) groups excluding carboxylic acids is 2. The molecule has 0 bridgehead atoms. The van der Waals surface area contributed by atoms with Gasteiger partial charge < -0.3 is 14.4 Å². The summed E-state index contributed by atoms with van der Waals surface area (Å²) in [7, 11) is 3.33. The van der Waals surface area contributed by atoms with E-state index in [2.05, 4.69) is 17.1 Å². The highest BCUT2D eigenvalue weighted by Gasteiger charge is 2.57. The molecule has 2 fully saturated rings. The second-order valence-electron chi connectivity index (χ2n) is 9.13. The Bertz CT molecular complexity index is 1030. The van der Waals surface area contributed by atoms with Crippen LogP contribution >= 0.6 is 0 Å². The molecular formula is C28H35N3O4. The highest BCUT2D eigenvalue weighted by molar-refractivity contribution is 6.07. The Morgan fingerprint density at radius 3 is 2.40 bits per heavy atom. The van der Waals surface area contributed by atoms with Crippen LogP contribution in [-0.2, 0) is 16.1 Å². The fourth-order valence-electron chi connectivity index (χ4n) is 5.09. The van der Waals surface area contributed by atoms with Gasteiger partial charge in [0, 0.05) is 45.5 Å². The van der Waals surface area contributed by atoms with Gasteiger partial charge in [-0.05, 0) is 30.9 Å². The van der Waals surface area contributed by atoms with Gasteiger partial charge in [-0.1, -0.05) is 60.7 Å². The molecule has 0 aliphatic carbocycles. The van der Waals surface area contributed by atoms with Gasteiger partial charge >= 0.3 is 6.03 Å². The number of urea groups is 1. The van der Waals surface area contributed by atoms with Crippen LogP contribution in [0.1, 0.15) is 30.4 Å². The Morgan fingerprint density at radius 2 is 1.69 bits per heavy atom. The molecule has 2 aromatic carbocycles. The normalized spacial score (nSPS) is 18.2. The average molecular weight is 478 g/mol. The minimum Gasteiger partial charge on any atom is -0.496 e. The number of rotatable bonds is 10. The van der Waals surface area contributed by atoms with Crippen molar-refractivity contribution in [3.63, 3.8) is 0 Å². The van der Waals surface area contributed by atoms with Crippen LogP contribution in [0.2, 0.25) is 0 Å². The first-order chi connectivity index (χ1) is 17.1. The Hall–Kier alpha value is -3.16. The Balaban J connectivity index is 1.44. The van der Waals surface area contributed by atoms with E-state index in [0.717, 1.165) is 36.5 Å². The van der Waals surface area contributed by atoms with E-state index < -0.39 is 5.54 Å². The van der Waals surface area contributed by atoms with Gasteiger partial charge in [0.15, 0.2) is 0 Å². The fourth-order valence-corrected chi connectivity index (χ4v) is 5.09. The van der Waals surface area contributed by atoms with Gasteiger partial charge in [-0.2, -0.15) is 0 Å². The van der Waals surface area contributed by atoms with Crippen LogP contribution in [0.3, 0.4) is 0 Å². The highest BCUT2D eigenvalue weighted by atomic mass is 16.5. The number of methoxy groups -OCH3 is 2. The lowest BCUT2D eigenvalue weighted by atomic mass is 9.85. The summed E-state index contributed by atoms with van der Waals surface area (Å²) < 4.78 is 10.6. The molecule has 0 N–H and O–H groups in total. The molecule has 0 saturated carbocycles. The molecule has 186 valence electrons. The average Bonchev–Trinajstić information content (AvgIpc) is 3.07. The molecule has 0 atom stereocenters. The maximum atomic E-state index is 13.7. The SMILES string of the molecule is COCCCN1C(=O)N(Cc2ccccc2)C(=O)C12CCN(CC=Cc1ccccc1OC)CC2. The monoisotopic (exact) mass is 477 g/mol. The second-order valence-corrected chi connectivity index (χ2v) is 9.13. The standard InChI is InChI=1S/C28H35N3O4/c1-34-21-9-18-31-27(33)30(22-23-10-4-3-5-11-23)26(32)28(31)15-19-29(20-16-28)17-8-13-24-12-6-7-14-25(24)35-2/h3-8,10-14H,9,15-22H2,1-2H3. The molecule has 2 aromatic rings. The number of para-hydroxylation sites is 1. The van der Waals surface area contributed by atoms with Gasteiger partial charge in [-0.25, -0.2) is 4.79 Å². The predicted molar refractivity (Wildman–Crippen MR) is 136 cm³/mol. The van der Waals surface area contributed by atoms with Crippen LogP contribution in [0.4, 0.5) is 4.79 Å². The number of benzene rings is 2. The number of carbonyl (C=O) groups is 2. The summed E-state index contributed by atoms with van der Waals surface area (Å²) in [4.78, 5) is 32.7. The van der Waals surface area contributed by atoms with Gasteiger partial charge in [-0.15, -0.1) is 0 Å². The van der Waals surface area contributed by atoms with Crippen molar-refractivity contribution in [3.8, 4) is 5.75 Å². The van der Waals surface area contributed by atoms with Gasteiger partial charge in [0.05, 0.1) is 13.7 Å². The fraction of sp³-hybridized carbons (Fsp3) is 0.429. The third-order valence-corrected chi connectivity index (χ3v) is 7.02. The van der Waals surface area contributed by atoms with Crippen molar-refractivity contribution in [1.29, 1.82) is 0 Å². The summed E-state index contributed by atoms with van der Waals surface area (Å²) in [5.74, 6) is 0.787. The van der Waals surface area contributed by atoms with Crippen LogP contribution < -0.4 is 4.74 Å². The van der Waals surface area contributed by atoms with Crippen LogP contribution in [0.5, 0.6) is 5.75 Å². The molecule has 0 aromatic heterocycles. The Kier molecular flexibility index (Phi) is 8.21. The van der Waals surface area contributed by atoms with Crippen molar-refractivity contribution in [2.24, 2.45) is 0 Å². The number of nitrogens with zero attached hydrogens (tertiary/aromatic N) is 3. The van der Waals surface area contributed by atoms with E-state index in [-0.39, 0.29) is 11.9 Å². The number of hydrogen-bond donors (Lipinski definition) is 0. The summed E-state index contributed by atoms with van der Waals surface area (Å²) in [6.07, 6.45) is 6.19. The lowest BCUT2D eigenvalue weighted by Crippen LogP contribution is -2.56. The summed E-state index contributed by atoms with van der Waals surface area (Å²) in [6.45, 7) is 3.70. The van der Waals surface area contributed by atoms with Crippen LogP contribution in [0.15, 0.2) is 60.7 Å². The largest absolute Gasteiger partial charge is 0.496 e. The number of hydrogen-bond acceptors (Lipinski definition) is 5. The molecule has 2 heterocycles. The molecule has 0 radical (unpaired) electrons. The summed E-state index contributed by atoms with van der Waals surface area (Å²) in [5, 5.41) is 0. The first kappa shape index (κ1) is 24.9.